The number of hydrogen-bond donors (Lipinski definition) is 0. The molecule has 0 saturated heterocycles. The van der Waals surface area contributed by atoms with E-state index >= 15 is 0 Å². The first-order valence-electron chi connectivity index (χ1n) is 33.7. The Morgan fingerprint density at radius 1 is 0.266 bits per heavy atom. The normalized spacial score (nSPS) is 12.7. The molecule has 0 N–H and O–H groups in total. The van der Waals surface area contributed by atoms with Crippen molar-refractivity contribution in [1.82, 2.24) is 0 Å². The van der Waals surface area contributed by atoms with Crippen molar-refractivity contribution in [3.8, 4) is 0 Å². The van der Waals surface area contributed by atoms with Crippen molar-refractivity contribution in [3.63, 3.8) is 0 Å². The summed E-state index contributed by atoms with van der Waals surface area (Å²) in [7, 11) is 0. The van der Waals surface area contributed by atoms with Gasteiger partial charge in [-0.1, -0.05) is 304 Å². The second-order valence-corrected chi connectivity index (χ2v) is 22.4. The minimum absolute atomic E-state index is 0.0771. The Morgan fingerprint density at radius 2 is 0.494 bits per heavy atom. The first kappa shape index (κ1) is 75.3. The van der Waals surface area contributed by atoms with Crippen LogP contribution in [0.15, 0.2) is 97.2 Å². The van der Waals surface area contributed by atoms with E-state index < -0.39 is 6.10 Å². The average molecular weight is 1100 g/mol. The fraction of sp³-hybridized carbons (Fsp3) is 0.740. The molecule has 0 aliphatic heterocycles. The van der Waals surface area contributed by atoms with Gasteiger partial charge >= 0.3 is 17.9 Å². The van der Waals surface area contributed by atoms with Crippen LogP contribution in [0.1, 0.15) is 329 Å². The summed E-state index contributed by atoms with van der Waals surface area (Å²) in [4.78, 5) is 38.3. The van der Waals surface area contributed by atoms with E-state index in [0.717, 1.165) is 103 Å². The van der Waals surface area contributed by atoms with E-state index in [0.29, 0.717) is 19.3 Å². The minimum Gasteiger partial charge on any atom is -0.462 e. The van der Waals surface area contributed by atoms with Gasteiger partial charge in [0.15, 0.2) is 6.10 Å². The predicted octanol–water partition coefficient (Wildman–Crippen LogP) is 23.2. The van der Waals surface area contributed by atoms with Gasteiger partial charge in [-0.3, -0.25) is 14.4 Å². The lowest BCUT2D eigenvalue weighted by Gasteiger charge is -2.18. The molecule has 0 spiro atoms. The van der Waals surface area contributed by atoms with Gasteiger partial charge in [-0.2, -0.15) is 0 Å². The molecule has 0 bridgehead atoms. The fourth-order valence-corrected chi connectivity index (χ4v) is 9.54. The standard InChI is InChI=1S/C73H126O6/c1-4-7-10-13-16-19-22-24-26-28-30-32-33-34-35-36-37-38-39-41-42-44-46-48-51-54-57-60-63-66-72(75)78-69-70(68-77-71(74)65-62-59-56-53-50-21-18-15-12-9-6-3)79-73(76)67-64-61-58-55-52-49-47-45-43-40-31-29-27-25-23-20-17-14-11-8-5-2/h7,10,16,19,23-26,29-32,34-35,37-38,70H,4-6,8-9,11-15,17-18,20-22,27-28,33,36,39-69H2,1-3H3/b10-7-,19-16-,25-23-,26-24-,31-29-,32-30-,35-34-,38-37-. The maximum Gasteiger partial charge on any atom is 0.306 e. The van der Waals surface area contributed by atoms with Crippen LogP contribution in [0.2, 0.25) is 0 Å². The predicted molar refractivity (Wildman–Crippen MR) is 344 cm³/mol. The van der Waals surface area contributed by atoms with Gasteiger partial charge in [0, 0.05) is 19.3 Å². The summed E-state index contributed by atoms with van der Waals surface area (Å²) in [6, 6.07) is 0. The van der Waals surface area contributed by atoms with Gasteiger partial charge in [0.05, 0.1) is 0 Å². The third kappa shape index (κ3) is 65.0. The molecule has 6 heteroatoms. The van der Waals surface area contributed by atoms with Crippen molar-refractivity contribution < 1.29 is 28.6 Å². The van der Waals surface area contributed by atoms with Gasteiger partial charge < -0.3 is 14.2 Å². The summed E-state index contributed by atoms with van der Waals surface area (Å²) in [5.74, 6) is -0.874. The Bertz CT molecular complexity index is 1540. The molecule has 0 rings (SSSR count). The van der Waals surface area contributed by atoms with Crippen LogP contribution in [0, 0.1) is 0 Å². The summed E-state index contributed by atoms with van der Waals surface area (Å²) >= 11 is 0. The first-order valence-corrected chi connectivity index (χ1v) is 33.7. The van der Waals surface area contributed by atoms with Crippen LogP contribution in [-0.4, -0.2) is 37.2 Å². The number of hydrogen-bond acceptors (Lipinski definition) is 6. The third-order valence-electron chi connectivity index (χ3n) is 14.6. The fourth-order valence-electron chi connectivity index (χ4n) is 9.54. The lowest BCUT2D eigenvalue weighted by Crippen LogP contribution is -2.30. The van der Waals surface area contributed by atoms with Crippen molar-refractivity contribution >= 4 is 17.9 Å². The molecular formula is C73H126O6. The van der Waals surface area contributed by atoms with Crippen LogP contribution >= 0.6 is 0 Å². The highest BCUT2D eigenvalue weighted by molar-refractivity contribution is 5.71. The molecule has 0 heterocycles. The van der Waals surface area contributed by atoms with Gasteiger partial charge in [-0.05, 0) is 103 Å². The third-order valence-corrected chi connectivity index (χ3v) is 14.6. The molecule has 0 saturated carbocycles. The molecule has 79 heavy (non-hydrogen) atoms. The monoisotopic (exact) mass is 1100 g/mol. The van der Waals surface area contributed by atoms with Crippen LogP contribution in [0.4, 0.5) is 0 Å². The minimum atomic E-state index is -0.781. The van der Waals surface area contributed by atoms with Crippen molar-refractivity contribution in [2.75, 3.05) is 13.2 Å². The van der Waals surface area contributed by atoms with Crippen LogP contribution < -0.4 is 0 Å². The van der Waals surface area contributed by atoms with E-state index in [4.69, 9.17) is 14.2 Å². The lowest BCUT2D eigenvalue weighted by atomic mass is 10.1. The largest absolute Gasteiger partial charge is 0.462 e. The van der Waals surface area contributed by atoms with Gasteiger partial charge in [0.2, 0.25) is 0 Å². The number of unbranched alkanes of at least 4 members (excludes halogenated alkanes) is 34. The zero-order valence-electron chi connectivity index (χ0n) is 52.1. The molecule has 0 aromatic carbocycles. The van der Waals surface area contributed by atoms with Crippen LogP contribution in [-0.2, 0) is 28.6 Å². The highest BCUT2D eigenvalue weighted by Crippen LogP contribution is 2.17. The highest BCUT2D eigenvalue weighted by Gasteiger charge is 2.19. The topological polar surface area (TPSA) is 78.9 Å². The molecule has 454 valence electrons. The van der Waals surface area contributed by atoms with Crippen molar-refractivity contribution in [2.45, 2.75) is 335 Å². The van der Waals surface area contributed by atoms with Gasteiger partial charge in [0.1, 0.15) is 13.2 Å². The Balaban J connectivity index is 4.26. The molecule has 0 aliphatic rings. The number of carbonyl (C=O) groups excluding carboxylic acids is 3. The van der Waals surface area contributed by atoms with E-state index in [1.807, 2.05) is 0 Å². The zero-order valence-corrected chi connectivity index (χ0v) is 52.1. The molecule has 0 radical (unpaired) electrons. The second-order valence-electron chi connectivity index (χ2n) is 22.4. The maximum atomic E-state index is 12.9. The van der Waals surface area contributed by atoms with Gasteiger partial charge in [0.25, 0.3) is 0 Å². The summed E-state index contributed by atoms with van der Waals surface area (Å²) in [5.41, 5.74) is 0. The van der Waals surface area contributed by atoms with E-state index in [9.17, 15) is 14.4 Å². The summed E-state index contributed by atoms with van der Waals surface area (Å²) < 4.78 is 16.9. The van der Waals surface area contributed by atoms with Gasteiger partial charge in [-0.15, -0.1) is 0 Å². The van der Waals surface area contributed by atoms with Gasteiger partial charge in [-0.25, -0.2) is 0 Å². The number of carbonyl (C=O) groups is 3. The lowest BCUT2D eigenvalue weighted by molar-refractivity contribution is -0.167. The Kier molecular flexibility index (Phi) is 63.7. The van der Waals surface area contributed by atoms with E-state index in [1.165, 1.54) is 186 Å². The van der Waals surface area contributed by atoms with Crippen LogP contribution in [0.25, 0.3) is 0 Å². The molecule has 1 atom stereocenters. The molecule has 0 fully saturated rings. The maximum absolute atomic E-state index is 12.9. The quantitative estimate of drug-likeness (QED) is 0.0261. The number of ether oxygens (including phenoxy) is 3. The highest BCUT2D eigenvalue weighted by atomic mass is 16.6. The summed E-state index contributed by atoms with van der Waals surface area (Å²) in [6.07, 6.45) is 89.9. The smallest absolute Gasteiger partial charge is 0.306 e. The van der Waals surface area contributed by atoms with Crippen molar-refractivity contribution in [2.24, 2.45) is 0 Å². The molecule has 6 nitrogen and oxygen atoms in total. The first-order chi connectivity index (χ1) is 39.0. The summed E-state index contributed by atoms with van der Waals surface area (Å²) in [5, 5.41) is 0. The van der Waals surface area contributed by atoms with E-state index in [-0.39, 0.29) is 31.1 Å². The Morgan fingerprint density at radius 3 is 0.772 bits per heavy atom. The van der Waals surface area contributed by atoms with Crippen LogP contribution in [0.5, 0.6) is 0 Å². The second kappa shape index (κ2) is 66.8. The summed E-state index contributed by atoms with van der Waals surface area (Å²) in [6.45, 7) is 6.53. The number of rotatable bonds is 61. The van der Waals surface area contributed by atoms with Crippen LogP contribution in [0.3, 0.4) is 0 Å². The molecular weight excluding hydrogens is 973 g/mol. The molecule has 0 aromatic heterocycles. The number of esters is 3. The molecule has 0 aliphatic carbocycles. The molecule has 0 amide bonds. The van der Waals surface area contributed by atoms with E-state index in [1.54, 1.807) is 0 Å². The van der Waals surface area contributed by atoms with Crippen molar-refractivity contribution in [1.29, 1.82) is 0 Å². The zero-order chi connectivity index (χ0) is 57.1. The molecule has 1 unspecified atom stereocenters. The Labute approximate surface area is 489 Å². The average Bonchev–Trinajstić information content (AvgIpc) is 3.45. The van der Waals surface area contributed by atoms with Crippen molar-refractivity contribution in [3.05, 3.63) is 97.2 Å². The van der Waals surface area contributed by atoms with E-state index in [2.05, 4.69) is 118 Å². The number of allylic oxidation sites excluding steroid dienone is 16. The SMILES string of the molecule is CC/C=C\C/C=C\C/C=C\C/C=C\C/C=C\C/C=C\CCCCCCCCCCCCC(=O)OCC(COC(=O)CCCCCCCCCCCCC)OC(=O)CCCCCCCCCCC/C=C\C/C=C\CCCCCCC. The Hall–Kier alpha value is -3.67. The molecule has 0 aromatic rings.